The lowest BCUT2D eigenvalue weighted by Gasteiger charge is -2.16. The van der Waals surface area contributed by atoms with Crippen molar-refractivity contribution in [2.45, 2.75) is 19.4 Å². The molecule has 2 heterocycles. The molecule has 0 amide bonds. The van der Waals surface area contributed by atoms with Gasteiger partial charge in [-0.2, -0.15) is 11.3 Å². The summed E-state index contributed by atoms with van der Waals surface area (Å²) in [6, 6.07) is 12.9. The van der Waals surface area contributed by atoms with Crippen LogP contribution in [0.5, 0.6) is 0 Å². The summed E-state index contributed by atoms with van der Waals surface area (Å²) in [5, 5.41) is 9.11. The summed E-state index contributed by atoms with van der Waals surface area (Å²) in [6.07, 6.45) is 2.90. The van der Waals surface area contributed by atoms with Gasteiger partial charge in [-0.3, -0.25) is 4.98 Å². The summed E-state index contributed by atoms with van der Waals surface area (Å²) < 4.78 is 0. The van der Waals surface area contributed by atoms with Gasteiger partial charge in [0.2, 0.25) is 0 Å². The van der Waals surface area contributed by atoms with Crippen molar-refractivity contribution in [3.05, 3.63) is 58.9 Å². The summed E-state index contributed by atoms with van der Waals surface area (Å²) in [5.41, 5.74) is 3.59. The van der Waals surface area contributed by atoms with Crippen LogP contribution in [0.15, 0.2) is 53.4 Å². The number of hydrogen-bond donors (Lipinski definition) is 1. The molecule has 0 spiro atoms. The largest absolute Gasteiger partial charge is 0.382 e. The smallest absolute Gasteiger partial charge is 0.0722 e. The number of nitrogens with one attached hydrogen (secondary N) is 1. The van der Waals surface area contributed by atoms with Crippen LogP contribution < -0.4 is 5.32 Å². The molecule has 1 unspecified atom stereocenters. The second kappa shape index (κ2) is 5.41. The molecule has 0 aliphatic rings. The second-order valence-corrected chi connectivity index (χ2v) is 5.54. The number of thiophene rings is 1. The van der Waals surface area contributed by atoms with E-state index in [1.165, 1.54) is 10.9 Å². The van der Waals surface area contributed by atoms with Crippen LogP contribution in [0.2, 0.25) is 0 Å². The lowest BCUT2D eigenvalue weighted by Crippen LogP contribution is -2.17. The Hall–Kier alpha value is -1.87. The van der Waals surface area contributed by atoms with Crippen molar-refractivity contribution in [2.24, 2.45) is 0 Å². The maximum Gasteiger partial charge on any atom is 0.0722 e. The fraction of sp³-hybridized carbons (Fsp3) is 0.188. The minimum Gasteiger partial charge on any atom is -0.382 e. The van der Waals surface area contributed by atoms with Gasteiger partial charge in [0.15, 0.2) is 0 Å². The fourth-order valence-electron chi connectivity index (χ4n) is 2.30. The summed E-state index contributed by atoms with van der Waals surface area (Å²) in [5.74, 6) is 0. The van der Waals surface area contributed by atoms with E-state index >= 15 is 0 Å². The number of benzene rings is 1. The van der Waals surface area contributed by atoms with E-state index in [4.69, 9.17) is 0 Å². The number of nitrogens with zero attached hydrogens (tertiary/aromatic N) is 1. The van der Waals surface area contributed by atoms with E-state index in [2.05, 4.69) is 46.2 Å². The summed E-state index contributed by atoms with van der Waals surface area (Å²) >= 11 is 1.75. The molecule has 0 aliphatic heterocycles. The van der Waals surface area contributed by atoms with Crippen molar-refractivity contribution in [2.75, 3.05) is 5.32 Å². The molecule has 0 fully saturated rings. The van der Waals surface area contributed by atoms with Gasteiger partial charge < -0.3 is 5.32 Å². The van der Waals surface area contributed by atoms with E-state index in [0.717, 1.165) is 17.6 Å². The Morgan fingerprint density at radius 2 is 2.11 bits per heavy atom. The number of anilines is 1. The molecule has 0 saturated heterocycles. The molecule has 0 saturated carbocycles. The molecule has 2 nitrogen and oxygen atoms in total. The van der Waals surface area contributed by atoms with Gasteiger partial charge in [0.1, 0.15) is 0 Å². The number of rotatable bonds is 4. The molecule has 96 valence electrons. The molecule has 3 rings (SSSR count). The third-order valence-electron chi connectivity index (χ3n) is 3.17. The van der Waals surface area contributed by atoms with Crippen molar-refractivity contribution in [3.8, 4) is 0 Å². The predicted molar refractivity (Wildman–Crippen MR) is 82.9 cm³/mol. The molecule has 1 atom stereocenters. The zero-order chi connectivity index (χ0) is 13.1. The van der Waals surface area contributed by atoms with Gasteiger partial charge in [-0.15, -0.1) is 0 Å². The van der Waals surface area contributed by atoms with Gasteiger partial charge >= 0.3 is 0 Å². The topological polar surface area (TPSA) is 24.9 Å². The molecule has 0 radical (unpaired) electrons. The first-order valence-electron chi connectivity index (χ1n) is 6.44. The predicted octanol–water partition coefficient (Wildman–Crippen LogP) is 4.34. The lowest BCUT2D eigenvalue weighted by atomic mass is 10.1. The SMILES string of the molecule is CC(Cc1ccsc1)Nc1ccnc2ccccc12. The van der Waals surface area contributed by atoms with Gasteiger partial charge in [0, 0.05) is 23.3 Å². The van der Waals surface area contributed by atoms with Crippen LogP contribution in [0, 0.1) is 0 Å². The van der Waals surface area contributed by atoms with Gasteiger partial charge in [0.05, 0.1) is 5.52 Å². The average molecular weight is 268 g/mol. The van der Waals surface area contributed by atoms with Crippen molar-refractivity contribution in [3.63, 3.8) is 0 Å². The molecule has 19 heavy (non-hydrogen) atoms. The quantitative estimate of drug-likeness (QED) is 0.761. The zero-order valence-electron chi connectivity index (χ0n) is 10.8. The number of fused-ring (bicyclic) bond motifs is 1. The Balaban J connectivity index is 1.81. The van der Waals surface area contributed by atoms with Crippen LogP contribution in [0.3, 0.4) is 0 Å². The van der Waals surface area contributed by atoms with Crippen molar-refractivity contribution >= 4 is 27.9 Å². The first kappa shape index (κ1) is 12.2. The lowest BCUT2D eigenvalue weighted by molar-refractivity contribution is 0.794. The molecular formula is C16H16N2S. The van der Waals surface area contributed by atoms with Crippen LogP contribution in [0.25, 0.3) is 10.9 Å². The van der Waals surface area contributed by atoms with Crippen LogP contribution in [0.1, 0.15) is 12.5 Å². The van der Waals surface area contributed by atoms with Crippen LogP contribution >= 0.6 is 11.3 Å². The zero-order valence-corrected chi connectivity index (χ0v) is 11.7. The Morgan fingerprint density at radius 3 is 2.95 bits per heavy atom. The standard InChI is InChI=1S/C16H16N2S/c1-12(10-13-7-9-19-11-13)18-16-6-8-17-15-5-3-2-4-14(15)16/h2-9,11-12H,10H2,1H3,(H,17,18). The fourth-order valence-corrected chi connectivity index (χ4v) is 2.98. The van der Waals surface area contributed by atoms with Gasteiger partial charge in [-0.25, -0.2) is 0 Å². The monoisotopic (exact) mass is 268 g/mol. The minimum atomic E-state index is 0.403. The van der Waals surface area contributed by atoms with Crippen LogP contribution in [-0.4, -0.2) is 11.0 Å². The summed E-state index contributed by atoms with van der Waals surface area (Å²) in [6.45, 7) is 2.22. The van der Waals surface area contributed by atoms with Gasteiger partial charge in [0.25, 0.3) is 0 Å². The van der Waals surface area contributed by atoms with Crippen LogP contribution in [0.4, 0.5) is 5.69 Å². The van der Waals surface area contributed by atoms with Crippen molar-refractivity contribution < 1.29 is 0 Å². The van der Waals surface area contributed by atoms with E-state index in [1.807, 2.05) is 24.4 Å². The highest BCUT2D eigenvalue weighted by Crippen LogP contribution is 2.22. The third-order valence-corrected chi connectivity index (χ3v) is 3.90. The maximum absolute atomic E-state index is 4.39. The molecule has 3 aromatic rings. The number of para-hydroxylation sites is 1. The van der Waals surface area contributed by atoms with E-state index in [9.17, 15) is 0 Å². The number of pyridine rings is 1. The highest BCUT2D eigenvalue weighted by molar-refractivity contribution is 7.07. The Labute approximate surface area is 117 Å². The first-order valence-corrected chi connectivity index (χ1v) is 7.38. The van der Waals surface area contributed by atoms with E-state index in [1.54, 1.807) is 11.3 Å². The molecule has 3 heteroatoms. The minimum absolute atomic E-state index is 0.403. The van der Waals surface area contributed by atoms with E-state index in [0.29, 0.717) is 6.04 Å². The summed E-state index contributed by atoms with van der Waals surface area (Å²) in [4.78, 5) is 4.39. The van der Waals surface area contributed by atoms with E-state index < -0.39 is 0 Å². The second-order valence-electron chi connectivity index (χ2n) is 4.76. The normalized spacial score (nSPS) is 12.5. The van der Waals surface area contributed by atoms with Gasteiger partial charge in [-0.05, 0) is 47.9 Å². The maximum atomic E-state index is 4.39. The van der Waals surface area contributed by atoms with E-state index in [-0.39, 0.29) is 0 Å². The molecule has 2 aromatic heterocycles. The molecular weight excluding hydrogens is 252 g/mol. The van der Waals surface area contributed by atoms with Gasteiger partial charge in [-0.1, -0.05) is 18.2 Å². The Bertz CT molecular complexity index is 656. The molecule has 0 aliphatic carbocycles. The first-order chi connectivity index (χ1) is 9.33. The highest BCUT2D eigenvalue weighted by atomic mass is 32.1. The Morgan fingerprint density at radius 1 is 1.21 bits per heavy atom. The molecule has 1 aromatic carbocycles. The third kappa shape index (κ3) is 2.76. The number of aromatic nitrogens is 1. The van der Waals surface area contributed by atoms with Crippen molar-refractivity contribution in [1.82, 2.24) is 4.98 Å². The highest BCUT2D eigenvalue weighted by Gasteiger charge is 2.06. The van der Waals surface area contributed by atoms with Crippen LogP contribution in [-0.2, 0) is 6.42 Å². The molecule has 0 bridgehead atoms. The Kier molecular flexibility index (Phi) is 3.47. The molecule has 1 N–H and O–H groups in total. The summed E-state index contributed by atoms with van der Waals surface area (Å²) in [7, 11) is 0. The number of hydrogen-bond acceptors (Lipinski definition) is 3. The van der Waals surface area contributed by atoms with Crippen molar-refractivity contribution in [1.29, 1.82) is 0 Å². The average Bonchev–Trinajstić information content (AvgIpc) is 2.92.